The highest BCUT2D eigenvalue weighted by Crippen LogP contribution is 2.22. The third-order valence-corrected chi connectivity index (χ3v) is 3.99. The minimum absolute atomic E-state index is 0.399. The summed E-state index contributed by atoms with van der Waals surface area (Å²) >= 11 is 7.82. The van der Waals surface area contributed by atoms with Gasteiger partial charge in [0.1, 0.15) is 0 Å². The monoisotopic (exact) mass is 301 g/mol. The quantitative estimate of drug-likeness (QED) is 0.516. The van der Waals surface area contributed by atoms with Crippen LogP contribution in [0, 0.1) is 0 Å². The highest BCUT2D eigenvalue weighted by molar-refractivity contribution is 7.99. The number of halogens is 1. The van der Waals surface area contributed by atoms with Gasteiger partial charge in [-0.1, -0.05) is 31.5 Å². The largest absolute Gasteiger partial charge is 0.380 e. The number of benzene rings is 1. The minimum Gasteiger partial charge on any atom is -0.380 e. The molecule has 0 spiro atoms. The molecule has 0 aliphatic heterocycles. The van der Waals surface area contributed by atoms with Crippen LogP contribution in [0.1, 0.15) is 26.7 Å². The van der Waals surface area contributed by atoms with E-state index in [-0.39, 0.29) is 0 Å². The van der Waals surface area contributed by atoms with Gasteiger partial charge in [0.2, 0.25) is 0 Å². The molecule has 1 aromatic carbocycles. The van der Waals surface area contributed by atoms with Crippen LogP contribution >= 0.6 is 23.4 Å². The van der Waals surface area contributed by atoms with Gasteiger partial charge in [-0.05, 0) is 37.6 Å². The number of ether oxygens (including phenoxy) is 1. The van der Waals surface area contributed by atoms with E-state index >= 15 is 0 Å². The molecule has 0 aliphatic rings. The van der Waals surface area contributed by atoms with Crippen LogP contribution < -0.4 is 5.32 Å². The summed E-state index contributed by atoms with van der Waals surface area (Å²) in [7, 11) is 0. The molecule has 1 unspecified atom stereocenters. The summed E-state index contributed by atoms with van der Waals surface area (Å²) in [5, 5.41) is 4.33. The predicted molar refractivity (Wildman–Crippen MR) is 85.4 cm³/mol. The maximum absolute atomic E-state index is 5.99. The molecule has 1 atom stereocenters. The number of hydrogen-bond acceptors (Lipinski definition) is 3. The lowest BCUT2D eigenvalue weighted by Crippen LogP contribution is -2.36. The first-order valence-electron chi connectivity index (χ1n) is 6.95. The van der Waals surface area contributed by atoms with E-state index in [2.05, 4.69) is 25.2 Å². The Labute approximate surface area is 126 Å². The zero-order chi connectivity index (χ0) is 13.9. The number of thioether (sulfide) groups is 1. The maximum Gasteiger partial charge on any atom is 0.0627 e. The summed E-state index contributed by atoms with van der Waals surface area (Å²) in [6.07, 6.45) is 2.22. The zero-order valence-corrected chi connectivity index (χ0v) is 13.4. The van der Waals surface area contributed by atoms with Crippen molar-refractivity contribution < 1.29 is 4.74 Å². The topological polar surface area (TPSA) is 21.3 Å². The molecule has 19 heavy (non-hydrogen) atoms. The smallest absolute Gasteiger partial charge is 0.0627 e. The summed E-state index contributed by atoms with van der Waals surface area (Å²) in [5.74, 6) is 1.00. The van der Waals surface area contributed by atoms with Crippen LogP contribution in [0.25, 0.3) is 0 Å². The molecule has 0 heterocycles. The molecule has 0 saturated heterocycles. The average molecular weight is 302 g/mol. The second-order valence-electron chi connectivity index (χ2n) is 4.49. The lowest BCUT2D eigenvalue weighted by molar-refractivity contribution is 0.117. The first-order chi connectivity index (χ1) is 9.26. The Morgan fingerprint density at radius 2 is 2.16 bits per heavy atom. The predicted octanol–water partition coefficient (Wildman–Crippen LogP) is 4.23. The van der Waals surface area contributed by atoms with Crippen molar-refractivity contribution >= 4 is 23.4 Å². The lowest BCUT2D eigenvalue weighted by atomic mass is 10.3. The molecule has 1 rings (SSSR count). The SMILES string of the molecule is CCCNC(COCCC)CSc1cccc(Cl)c1. The minimum atomic E-state index is 0.399. The fourth-order valence-corrected chi connectivity index (χ4v) is 2.89. The Bertz CT molecular complexity index is 349. The third kappa shape index (κ3) is 7.83. The molecule has 1 aromatic rings. The van der Waals surface area contributed by atoms with Crippen molar-refractivity contribution in [2.75, 3.05) is 25.5 Å². The summed E-state index contributed by atoms with van der Waals surface area (Å²) in [6, 6.07) is 8.40. The zero-order valence-electron chi connectivity index (χ0n) is 11.8. The van der Waals surface area contributed by atoms with Crippen LogP contribution in [0.4, 0.5) is 0 Å². The fourth-order valence-electron chi connectivity index (χ4n) is 1.64. The van der Waals surface area contributed by atoms with Gasteiger partial charge < -0.3 is 10.1 Å². The molecule has 0 aromatic heterocycles. The average Bonchev–Trinajstić information content (AvgIpc) is 2.41. The molecule has 108 valence electrons. The Morgan fingerprint density at radius 1 is 1.32 bits per heavy atom. The van der Waals surface area contributed by atoms with Crippen molar-refractivity contribution in [2.45, 2.75) is 37.6 Å². The highest BCUT2D eigenvalue weighted by atomic mass is 35.5. The lowest BCUT2D eigenvalue weighted by Gasteiger charge is -2.18. The van der Waals surface area contributed by atoms with E-state index in [4.69, 9.17) is 16.3 Å². The van der Waals surface area contributed by atoms with Crippen LogP contribution in [-0.2, 0) is 4.74 Å². The summed E-state index contributed by atoms with van der Waals surface area (Å²) in [5.41, 5.74) is 0. The van der Waals surface area contributed by atoms with Crippen molar-refractivity contribution in [1.82, 2.24) is 5.32 Å². The van der Waals surface area contributed by atoms with E-state index in [9.17, 15) is 0 Å². The molecular formula is C15H24ClNOS. The van der Waals surface area contributed by atoms with Crippen LogP contribution in [0.2, 0.25) is 5.02 Å². The van der Waals surface area contributed by atoms with Crippen molar-refractivity contribution in [1.29, 1.82) is 0 Å². The van der Waals surface area contributed by atoms with Gasteiger partial charge in [-0.2, -0.15) is 0 Å². The molecular weight excluding hydrogens is 278 g/mol. The number of nitrogens with one attached hydrogen (secondary N) is 1. The molecule has 0 bridgehead atoms. The molecule has 0 amide bonds. The van der Waals surface area contributed by atoms with E-state index in [1.165, 1.54) is 4.90 Å². The molecule has 0 saturated carbocycles. The molecule has 0 aliphatic carbocycles. The standard InChI is InChI=1S/C15H24ClNOS/c1-3-8-17-14(11-18-9-4-2)12-19-15-7-5-6-13(16)10-15/h5-7,10,14,17H,3-4,8-9,11-12H2,1-2H3. The van der Waals surface area contributed by atoms with Crippen molar-refractivity contribution in [3.63, 3.8) is 0 Å². The summed E-state index contributed by atoms with van der Waals surface area (Å²) in [6.45, 7) is 6.97. The van der Waals surface area contributed by atoms with Gasteiger partial charge in [0.25, 0.3) is 0 Å². The first kappa shape index (κ1) is 16.8. The summed E-state index contributed by atoms with van der Waals surface area (Å²) in [4.78, 5) is 1.21. The van der Waals surface area contributed by atoms with Gasteiger partial charge >= 0.3 is 0 Å². The van der Waals surface area contributed by atoms with Gasteiger partial charge in [-0.3, -0.25) is 0 Å². The number of rotatable bonds is 10. The van der Waals surface area contributed by atoms with E-state index in [0.29, 0.717) is 6.04 Å². The van der Waals surface area contributed by atoms with Crippen molar-refractivity contribution in [3.8, 4) is 0 Å². The van der Waals surface area contributed by atoms with Crippen LogP contribution in [0.5, 0.6) is 0 Å². The van der Waals surface area contributed by atoms with Gasteiger partial charge in [0.05, 0.1) is 6.61 Å². The van der Waals surface area contributed by atoms with Crippen LogP contribution in [-0.4, -0.2) is 31.6 Å². The van der Waals surface area contributed by atoms with E-state index in [1.807, 2.05) is 30.0 Å². The van der Waals surface area contributed by atoms with Crippen molar-refractivity contribution in [3.05, 3.63) is 29.3 Å². The van der Waals surface area contributed by atoms with Gasteiger partial charge in [0.15, 0.2) is 0 Å². The van der Waals surface area contributed by atoms with Gasteiger partial charge in [-0.15, -0.1) is 11.8 Å². The Kier molecular flexibility index (Phi) is 9.35. The molecule has 1 N–H and O–H groups in total. The van der Waals surface area contributed by atoms with Crippen molar-refractivity contribution in [2.24, 2.45) is 0 Å². The maximum atomic E-state index is 5.99. The van der Waals surface area contributed by atoms with Crippen LogP contribution in [0.15, 0.2) is 29.2 Å². The molecule has 0 radical (unpaired) electrons. The van der Waals surface area contributed by atoms with Crippen LogP contribution in [0.3, 0.4) is 0 Å². The fraction of sp³-hybridized carbons (Fsp3) is 0.600. The molecule has 0 fully saturated rings. The van der Waals surface area contributed by atoms with Gasteiger partial charge in [0, 0.05) is 28.3 Å². The second kappa shape index (κ2) is 10.6. The second-order valence-corrected chi connectivity index (χ2v) is 6.02. The Hall–Kier alpha value is -0.220. The Morgan fingerprint density at radius 3 is 2.84 bits per heavy atom. The van der Waals surface area contributed by atoms with E-state index < -0.39 is 0 Å². The first-order valence-corrected chi connectivity index (χ1v) is 8.32. The molecule has 2 nitrogen and oxygen atoms in total. The Balaban J connectivity index is 2.37. The highest BCUT2D eigenvalue weighted by Gasteiger charge is 2.08. The number of hydrogen-bond donors (Lipinski definition) is 1. The normalized spacial score (nSPS) is 12.6. The summed E-state index contributed by atoms with van der Waals surface area (Å²) < 4.78 is 5.65. The third-order valence-electron chi connectivity index (χ3n) is 2.60. The van der Waals surface area contributed by atoms with Gasteiger partial charge in [-0.25, -0.2) is 0 Å². The van der Waals surface area contributed by atoms with E-state index in [0.717, 1.165) is 43.4 Å². The van der Waals surface area contributed by atoms with E-state index in [1.54, 1.807) is 0 Å². The molecule has 4 heteroatoms.